The molecule has 2 aliphatic rings. The van der Waals surface area contributed by atoms with Crippen LogP contribution in [0.3, 0.4) is 0 Å². The molecule has 2 aliphatic carbocycles. The van der Waals surface area contributed by atoms with Gasteiger partial charge in [-0.15, -0.1) is 0 Å². The van der Waals surface area contributed by atoms with Crippen LogP contribution >= 0.6 is 0 Å². The summed E-state index contributed by atoms with van der Waals surface area (Å²) < 4.78 is 0. The van der Waals surface area contributed by atoms with Gasteiger partial charge in [-0.25, -0.2) is 0 Å². The third-order valence-electron chi connectivity index (χ3n) is 14.1. The van der Waals surface area contributed by atoms with E-state index in [4.69, 9.17) is 0 Å². The summed E-state index contributed by atoms with van der Waals surface area (Å²) in [4.78, 5) is 2.45. The first-order chi connectivity index (χ1) is 28.4. The molecule has 0 saturated heterocycles. The van der Waals surface area contributed by atoms with Gasteiger partial charge in [0, 0.05) is 33.8 Å². The second-order valence-corrected chi connectivity index (χ2v) is 18.3. The van der Waals surface area contributed by atoms with Crippen LogP contribution in [0.1, 0.15) is 94.8 Å². The van der Waals surface area contributed by atoms with Gasteiger partial charge in [0.15, 0.2) is 0 Å². The molecule has 0 saturated carbocycles. The minimum absolute atomic E-state index is 0.168. The van der Waals surface area contributed by atoms with Crippen LogP contribution in [0.2, 0.25) is 0 Å². The normalized spacial score (nSPS) is 14.3. The van der Waals surface area contributed by atoms with Crippen molar-refractivity contribution < 1.29 is 0 Å². The van der Waals surface area contributed by atoms with E-state index in [0.717, 1.165) is 6.42 Å². The average Bonchev–Trinajstić information content (AvgIpc) is 3.59. The van der Waals surface area contributed by atoms with Gasteiger partial charge >= 0.3 is 0 Å². The van der Waals surface area contributed by atoms with Crippen molar-refractivity contribution in [1.29, 1.82) is 0 Å². The second-order valence-electron chi connectivity index (χ2n) is 18.3. The molecule has 59 heavy (non-hydrogen) atoms. The van der Waals surface area contributed by atoms with E-state index in [2.05, 4.69) is 218 Å². The van der Waals surface area contributed by atoms with E-state index in [1.165, 1.54) is 111 Å². The highest BCUT2D eigenvalue weighted by Crippen LogP contribution is 2.58. The Bertz CT molecular complexity index is 2880. The number of rotatable bonds is 7. The maximum atomic E-state index is 2.59. The molecule has 0 aromatic heterocycles. The van der Waals surface area contributed by atoms with Crippen molar-refractivity contribution >= 4 is 27.8 Å². The zero-order chi connectivity index (χ0) is 40.8. The van der Waals surface area contributed by atoms with Crippen molar-refractivity contribution in [1.82, 2.24) is 0 Å². The summed E-state index contributed by atoms with van der Waals surface area (Å²) >= 11 is 0. The van der Waals surface area contributed by atoms with Gasteiger partial charge in [0.2, 0.25) is 0 Å². The van der Waals surface area contributed by atoms with Crippen LogP contribution in [0.25, 0.3) is 33.0 Å². The van der Waals surface area contributed by atoms with Gasteiger partial charge in [-0.2, -0.15) is 0 Å². The molecule has 0 radical (unpaired) electrons. The number of hydrogen-bond donors (Lipinski definition) is 0. The predicted octanol–water partition coefficient (Wildman–Crippen LogP) is 15.5. The monoisotopic (exact) mass is 763 g/mol. The van der Waals surface area contributed by atoms with Crippen molar-refractivity contribution in [2.45, 2.75) is 78.6 Å². The summed E-state index contributed by atoms with van der Waals surface area (Å²) in [7, 11) is 0. The molecule has 1 heteroatoms. The summed E-state index contributed by atoms with van der Waals surface area (Å²) in [6, 6.07) is 59.6. The van der Waals surface area contributed by atoms with Crippen LogP contribution < -0.4 is 4.90 Å². The number of nitrogens with zero attached hydrogens (tertiary/aromatic N) is 1. The Kier molecular flexibility index (Phi) is 8.62. The lowest BCUT2D eigenvalue weighted by atomic mass is 9.77. The molecule has 0 N–H and O–H groups in total. The fraction of sp³-hybridized carbons (Fsp3) is 0.207. The Labute approximate surface area is 351 Å². The fourth-order valence-corrected chi connectivity index (χ4v) is 10.8. The minimum atomic E-state index is -0.185. The smallest absolute Gasteiger partial charge is 0.0490 e. The van der Waals surface area contributed by atoms with Crippen LogP contribution in [0.15, 0.2) is 158 Å². The summed E-state index contributed by atoms with van der Waals surface area (Å²) in [5.41, 5.74) is 23.9. The number of fused-ring (bicyclic) bond motifs is 8. The average molecular weight is 764 g/mol. The quantitative estimate of drug-likeness (QED) is 0.156. The minimum Gasteiger partial charge on any atom is -0.310 e. The maximum Gasteiger partial charge on any atom is 0.0490 e. The first kappa shape index (κ1) is 37.1. The fourth-order valence-electron chi connectivity index (χ4n) is 10.8. The third-order valence-corrected chi connectivity index (χ3v) is 14.1. The summed E-state index contributed by atoms with van der Waals surface area (Å²) in [5, 5.41) is 2.73. The molecule has 8 aromatic rings. The van der Waals surface area contributed by atoms with E-state index in [1.807, 2.05) is 0 Å². The van der Waals surface area contributed by atoms with Gasteiger partial charge in [0.25, 0.3) is 0 Å². The van der Waals surface area contributed by atoms with E-state index in [-0.39, 0.29) is 16.7 Å². The highest BCUT2D eigenvalue weighted by atomic mass is 15.1. The highest BCUT2D eigenvalue weighted by molar-refractivity contribution is 6.05. The Hall–Kier alpha value is -6.18. The van der Waals surface area contributed by atoms with E-state index in [0.29, 0.717) is 0 Å². The number of hydrogen-bond acceptors (Lipinski definition) is 1. The standard InChI is InChI=1S/C58H53N/c1-36-19-9-13-23-42(36)47(43-24-14-10-20-37(43)2)31-40-32-53-56(46-26-16-15-25-44(40)46)49-35-51-48(34-52(49)58(53,7)8)45-30-29-41(33-50(45)57(51,5)6)59(54-27-17-11-21-38(54)3)55-28-18-12-22-39(55)4/h9-30,32-35,47H,31H2,1-8H3. The molecule has 0 fully saturated rings. The summed E-state index contributed by atoms with van der Waals surface area (Å²) in [6.45, 7) is 18.7. The Morgan fingerprint density at radius 2 is 0.898 bits per heavy atom. The molecule has 10 rings (SSSR count). The van der Waals surface area contributed by atoms with E-state index in [9.17, 15) is 0 Å². The van der Waals surface area contributed by atoms with Crippen LogP contribution in [-0.2, 0) is 17.3 Å². The van der Waals surface area contributed by atoms with Crippen molar-refractivity contribution in [3.05, 3.63) is 219 Å². The maximum absolute atomic E-state index is 2.59. The molecule has 1 nitrogen and oxygen atoms in total. The van der Waals surface area contributed by atoms with Gasteiger partial charge in [-0.05, 0) is 165 Å². The molecule has 8 aromatic carbocycles. The zero-order valence-electron chi connectivity index (χ0n) is 35.7. The first-order valence-electron chi connectivity index (χ1n) is 21.4. The number of aryl methyl sites for hydroxylation is 4. The summed E-state index contributed by atoms with van der Waals surface area (Å²) in [5.74, 6) is 0.254. The van der Waals surface area contributed by atoms with Crippen molar-refractivity contribution in [2.75, 3.05) is 4.90 Å². The first-order valence-corrected chi connectivity index (χ1v) is 21.4. The topological polar surface area (TPSA) is 3.24 Å². The Balaban J connectivity index is 1.12. The van der Waals surface area contributed by atoms with Gasteiger partial charge < -0.3 is 4.90 Å². The molecule has 0 unspecified atom stereocenters. The van der Waals surface area contributed by atoms with Gasteiger partial charge in [-0.3, -0.25) is 0 Å². The second kappa shape index (κ2) is 13.7. The third kappa shape index (κ3) is 5.73. The van der Waals surface area contributed by atoms with Crippen LogP contribution in [0.4, 0.5) is 17.1 Å². The zero-order valence-corrected chi connectivity index (χ0v) is 35.7. The summed E-state index contributed by atoms with van der Waals surface area (Å²) in [6.07, 6.45) is 0.942. The number of anilines is 3. The van der Waals surface area contributed by atoms with Crippen LogP contribution in [0, 0.1) is 27.7 Å². The highest BCUT2D eigenvalue weighted by Gasteiger charge is 2.43. The molecule has 0 atom stereocenters. The largest absolute Gasteiger partial charge is 0.310 e. The van der Waals surface area contributed by atoms with E-state index < -0.39 is 0 Å². The van der Waals surface area contributed by atoms with Crippen molar-refractivity contribution in [3.8, 4) is 22.3 Å². The number of para-hydroxylation sites is 2. The van der Waals surface area contributed by atoms with E-state index >= 15 is 0 Å². The van der Waals surface area contributed by atoms with Crippen molar-refractivity contribution in [2.24, 2.45) is 0 Å². The molecule has 0 amide bonds. The SMILES string of the molecule is Cc1ccccc1C(Cc1cc2c(c3ccccc13)-c1cc3c(cc1C2(C)C)-c1ccc(N(c2ccccc2C)c2ccccc2C)cc1C3(C)C)c1ccccc1C. The number of benzene rings is 8. The lowest BCUT2D eigenvalue weighted by Crippen LogP contribution is -2.18. The van der Waals surface area contributed by atoms with Gasteiger partial charge in [-0.1, -0.05) is 149 Å². The Morgan fingerprint density at radius 3 is 1.49 bits per heavy atom. The van der Waals surface area contributed by atoms with E-state index in [1.54, 1.807) is 0 Å². The predicted molar refractivity (Wildman–Crippen MR) is 251 cm³/mol. The van der Waals surface area contributed by atoms with Gasteiger partial charge in [0.05, 0.1) is 0 Å². The van der Waals surface area contributed by atoms with Crippen LogP contribution in [0.5, 0.6) is 0 Å². The molecule has 0 bridgehead atoms. The lowest BCUT2D eigenvalue weighted by molar-refractivity contribution is 0.651. The molecule has 0 heterocycles. The molecule has 0 aliphatic heterocycles. The molecular weight excluding hydrogens is 711 g/mol. The van der Waals surface area contributed by atoms with Crippen LogP contribution in [-0.4, -0.2) is 0 Å². The van der Waals surface area contributed by atoms with Crippen molar-refractivity contribution in [3.63, 3.8) is 0 Å². The lowest BCUT2D eigenvalue weighted by Gasteiger charge is -2.30. The molecule has 0 spiro atoms. The Morgan fingerprint density at radius 1 is 0.424 bits per heavy atom. The van der Waals surface area contributed by atoms with Gasteiger partial charge in [0.1, 0.15) is 0 Å². The molecular formula is C58H53N. The molecule has 290 valence electrons.